The molecule has 0 fully saturated rings. The van der Waals surface area contributed by atoms with Gasteiger partial charge in [0.15, 0.2) is 0 Å². The number of benzene rings is 4. The van der Waals surface area contributed by atoms with E-state index in [1.807, 2.05) is 43.3 Å². The predicted octanol–water partition coefficient (Wildman–Crippen LogP) is 12.8. The molecule has 0 N–H and O–H groups in total. The van der Waals surface area contributed by atoms with E-state index in [-0.39, 0.29) is 25.5 Å². The van der Waals surface area contributed by atoms with Crippen LogP contribution in [0.4, 0.5) is 0 Å². The summed E-state index contributed by atoms with van der Waals surface area (Å²) in [5, 5.41) is 2.42. The van der Waals surface area contributed by atoms with E-state index in [4.69, 9.17) is 14.4 Å². The molecule has 9 rings (SSSR count). The van der Waals surface area contributed by atoms with E-state index in [9.17, 15) is 0 Å². The molecular weight excluding hydrogens is 931 g/mol. The normalized spacial score (nSPS) is 11.8. The third-order valence-corrected chi connectivity index (χ3v) is 12.8. The molecule has 0 amide bonds. The van der Waals surface area contributed by atoms with Gasteiger partial charge in [0.05, 0.1) is 35.6 Å². The van der Waals surface area contributed by atoms with Crippen LogP contribution < -0.4 is 5.19 Å². The van der Waals surface area contributed by atoms with Gasteiger partial charge >= 0.3 is 0 Å². The van der Waals surface area contributed by atoms with Gasteiger partial charge in [-0.2, -0.15) is 0 Å². The van der Waals surface area contributed by atoms with Crippen LogP contribution in [0.25, 0.3) is 72.7 Å². The monoisotopic (exact) mass is 982 g/mol. The Morgan fingerprint density at radius 2 is 1.43 bits per heavy atom. The summed E-state index contributed by atoms with van der Waals surface area (Å²) < 4.78 is 8.60. The maximum absolute atomic E-state index is 6.37. The van der Waals surface area contributed by atoms with Gasteiger partial charge in [0.25, 0.3) is 0 Å². The molecule has 60 heavy (non-hydrogen) atoms. The Morgan fingerprint density at radius 3 is 2.12 bits per heavy atom. The number of hydrogen-bond acceptors (Lipinski definition) is 5. The van der Waals surface area contributed by atoms with Crippen LogP contribution in [0.2, 0.25) is 19.6 Å². The van der Waals surface area contributed by atoms with E-state index >= 15 is 0 Å². The molecule has 0 atom stereocenters. The van der Waals surface area contributed by atoms with Crippen molar-refractivity contribution in [2.45, 2.75) is 74.5 Å². The first-order valence-electron chi connectivity index (χ1n) is 20.3. The van der Waals surface area contributed by atoms with Crippen LogP contribution in [-0.2, 0) is 26.5 Å². The van der Waals surface area contributed by atoms with E-state index in [0.29, 0.717) is 11.3 Å². The van der Waals surface area contributed by atoms with Crippen LogP contribution in [0.5, 0.6) is 0 Å². The Bertz CT molecular complexity index is 2950. The Labute approximate surface area is 368 Å². The average Bonchev–Trinajstić information content (AvgIpc) is 3.76. The van der Waals surface area contributed by atoms with Gasteiger partial charge in [0, 0.05) is 43.5 Å². The summed E-state index contributed by atoms with van der Waals surface area (Å²) in [5.41, 5.74) is 16.4. The molecule has 5 aromatic heterocycles. The van der Waals surface area contributed by atoms with Crippen molar-refractivity contribution < 1.29 is 24.5 Å². The molecule has 305 valence electrons. The van der Waals surface area contributed by atoms with Crippen LogP contribution in [0.1, 0.15) is 48.7 Å². The van der Waals surface area contributed by atoms with Gasteiger partial charge in [-0.25, -0.2) is 4.98 Å². The summed E-state index contributed by atoms with van der Waals surface area (Å²) in [5.74, 6) is 0.769. The first-order valence-corrected chi connectivity index (χ1v) is 23.8. The summed E-state index contributed by atoms with van der Waals surface area (Å²) in [7, 11) is -1.37. The number of pyridine rings is 3. The van der Waals surface area contributed by atoms with Crippen molar-refractivity contribution in [2.24, 2.45) is 5.41 Å². The molecular formula is C52H51IrN5OSi-2. The molecule has 0 unspecified atom stereocenters. The van der Waals surface area contributed by atoms with E-state index < -0.39 is 8.07 Å². The van der Waals surface area contributed by atoms with Crippen LogP contribution in [0, 0.1) is 45.2 Å². The van der Waals surface area contributed by atoms with Crippen LogP contribution in [-0.4, -0.2) is 32.6 Å². The van der Waals surface area contributed by atoms with Gasteiger partial charge < -0.3 is 14.0 Å². The molecule has 0 saturated heterocycles. The zero-order chi connectivity index (χ0) is 41.6. The van der Waals surface area contributed by atoms with Crippen LogP contribution >= 0.6 is 0 Å². The fourth-order valence-corrected chi connectivity index (χ4v) is 9.80. The number of rotatable bonds is 6. The molecule has 0 aliphatic rings. The fourth-order valence-electron chi connectivity index (χ4n) is 8.22. The first-order chi connectivity index (χ1) is 28.2. The summed E-state index contributed by atoms with van der Waals surface area (Å²) >= 11 is 0. The zero-order valence-corrected chi connectivity index (χ0v) is 39.5. The van der Waals surface area contributed by atoms with Gasteiger partial charge in [0.2, 0.25) is 5.71 Å². The Balaban J connectivity index is 0.000000212. The number of nitrogens with zero attached hydrogens (tertiary/aromatic N) is 5. The quantitative estimate of drug-likeness (QED) is 0.123. The standard InChI is InChI=1S/C33H25N4O.C19H26NSi.Ir/c1-19-16-22(4)35-33-28(19)29-31(38-33)25(14-15-34-29)32-36-26-12-8-9-13-27(26)37(32)30-20(2)17-24(18-21(30)3)23-10-6-5-7-11-23;1-19(2,3)13-16-12-17(15-10-8-7-9-11-15)20-14-18(16)21(4,5)6;/h5-13,15-18H,1-4H3;7-10,12,14H,13H2,1-6H3;/q2*-1;. The molecule has 6 nitrogen and oxygen atoms in total. The maximum atomic E-state index is 6.37. The largest absolute Gasteiger partial charge is 0.499 e. The number of fused-ring (bicyclic) bond motifs is 4. The molecule has 4 aromatic carbocycles. The molecule has 0 spiro atoms. The van der Waals surface area contributed by atoms with Crippen molar-refractivity contribution in [3.8, 4) is 39.5 Å². The SMILES string of the molecule is CC(C)(C)Cc1cc(-c2[c-]cccc2)ncc1[Si](C)(C)C.Cc1cc(C)c2c(n1)oc1c(-c3nc4ccccc4n3-c3c(C)cc(-c4ccccc4)cc3C)[c-]cnc12.[Ir]. The third kappa shape index (κ3) is 8.55. The van der Waals surface area contributed by atoms with E-state index in [1.165, 1.54) is 21.9 Å². The second-order valence-electron chi connectivity index (χ2n) is 17.9. The van der Waals surface area contributed by atoms with E-state index in [1.54, 1.807) is 6.20 Å². The average molecular weight is 982 g/mol. The predicted molar refractivity (Wildman–Crippen MR) is 247 cm³/mol. The number of para-hydroxylation sites is 2. The Hall–Kier alpha value is -5.53. The smallest absolute Gasteiger partial charge is 0.215 e. The molecule has 0 saturated carbocycles. The number of hydrogen-bond donors (Lipinski definition) is 0. The molecule has 1 radical (unpaired) electrons. The molecule has 5 heterocycles. The summed E-state index contributed by atoms with van der Waals surface area (Å²) in [6.07, 6.45) is 4.92. The minimum Gasteiger partial charge on any atom is -0.499 e. The van der Waals surface area contributed by atoms with Gasteiger partial charge in [-0.15, -0.1) is 47.5 Å². The summed E-state index contributed by atoms with van der Waals surface area (Å²) in [6.45, 7) is 22.5. The number of imidazole rings is 1. The first kappa shape index (κ1) is 42.6. The van der Waals surface area contributed by atoms with Crippen LogP contribution in [0.3, 0.4) is 0 Å². The molecule has 9 aromatic rings. The topological polar surface area (TPSA) is 69.6 Å². The number of aromatic nitrogens is 5. The van der Waals surface area contributed by atoms with Crippen molar-refractivity contribution >= 4 is 46.5 Å². The van der Waals surface area contributed by atoms with Crippen molar-refractivity contribution in [2.75, 3.05) is 0 Å². The second-order valence-corrected chi connectivity index (χ2v) is 22.9. The molecule has 8 heteroatoms. The van der Waals surface area contributed by atoms with Crippen molar-refractivity contribution in [3.63, 3.8) is 0 Å². The number of furan rings is 1. The molecule has 0 aliphatic heterocycles. The van der Waals surface area contributed by atoms with Crippen molar-refractivity contribution in [1.29, 1.82) is 0 Å². The maximum Gasteiger partial charge on any atom is 0.215 e. The fraction of sp³-hybridized carbons (Fsp3) is 0.231. The summed E-state index contributed by atoms with van der Waals surface area (Å²) in [6, 6.07) is 42.3. The van der Waals surface area contributed by atoms with E-state index in [2.05, 4.69) is 161 Å². The van der Waals surface area contributed by atoms with Gasteiger partial charge in [-0.1, -0.05) is 94.5 Å². The second kappa shape index (κ2) is 16.8. The minimum atomic E-state index is -1.37. The number of aryl methyl sites for hydroxylation is 4. The molecule has 0 aliphatic carbocycles. The minimum absolute atomic E-state index is 0. The summed E-state index contributed by atoms with van der Waals surface area (Å²) in [4.78, 5) is 19.1. The van der Waals surface area contributed by atoms with Gasteiger partial charge in [-0.05, 0) is 115 Å². The van der Waals surface area contributed by atoms with Crippen molar-refractivity contribution in [3.05, 3.63) is 156 Å². The zero-order valence-electron chi connectivity index (χ0n) is 36.2. The Kier molecular flexibility index (Phi) is 12.0. The third-order valence-electron chi connectivity index (χ3n) is 10.7. The Morgan fingerprint density at radius 1 is 0.733 bits per heavy atom. The molecule has 0 bridgehead atoms. The van der Waals surface area contributed by atoms with Crippen molar-refractivity contribution in [1.82, 2.24) is 24.5 Å². The van der Waals surface area contributed by atoms with E-state index in [0.717, 1.165) is 79.1 Å². The van der Waals surface area contributed by atoms with Gasteiger partial charge in [0.1, 0.15) is 0 Å². The van der Waals surface area contributed by atoms with Gasteiger partial charge in [-0.3, -0.25) is 9.97 Å². The van der Waals surface area contributed by atoms with Crippen LogP contribution in [0.15, 0.2) is 120 Å².